The first-order valence-corrected chi connectivity index (χ1v) is 11.3. The highest BCUT2D eigenvalue weighted by Crippen LogP contribution is 2.53. The van der Waals surface area contributed by atoms with Gasteiger partial charge in [-0.2, -0.15) is 5.26 Å². The first-order valence-electron chi connectivity index (χ1n) is 11.3. The van der Waals surface area contributed by atoms with E-state index >= 15 is 0 Å². The van der Waals surface area contributed by atoms with Crippen molar-refractivity contribution in [2.75, 3.05) is 0 Å². The summed E-state index contributed by atoms with van der Waals surface area (Å²) in [4.78, 5) is 0. The minimum atomic E-state index is -0.0338. The molecular formula is C31H26N2. The summed E-state index contributed by atoms with van der Waals surface area (Å²) in [6, 6.07) is 32.0. The lowest BCUT2D eigenvalue weighted by Gasteiger charge is -2.21. The molecule has 0 spiro atoms. The van der Waals surface area contributed by atoms with E-state index in [0.717, 1.165) is 16.7 Å². The van der Waals surface area contributed by atoms with E-state index in [1.165, 1.54) is 33.0 Å². The zero-order chi connectivity index (χ0) is 23.2. The lowest BCUT2D eigenvalue weighted by atomic mass is 9.82. The van der Waals surface area contributed by atoms with Gasteiger partial charge in [0.15, 0.2) is 0 Å². The van der Waals surface area contributed by atoms with E-state index in [-0.39, 0.29) is 5.41 Å². The maximum absolute atomic E-state index is 9.75. The van der Waals surface area contributed by atoms with Gasteiger partial charge in [-0.1, -0.05) is 80.6 Å². The number of para-hydroxylation sites is 2. The molecule has 1 aliphatic carbocycles. The molecule has 5 aromatic rings. The van der Waals surface area contributed by atoms with Crippen molar-refractivity contribution in [2.24, 2.45) is 0 Å². The molecule has 0 amide bonds. The fourth-order valence-electron chi connectivity index (χ4n) is 5.27. The third-order valence-corrected chi connectivity index (χ3v) is 6.65. The van der Waals surface area contributed by atoms with E-state index in [1.54, 1.807) is 6.08 Å². The van der Waals surface area contributed by atoms with Crippen molar-refractivity contribution in [1.82, 2.24) is 4.57 Å². The summed E-state index contributed by atoms with van der Waals surface area (Å²) in [5, 5.41) is 12.3. The Morgan fingerprint density at radius 3 is 2.27 bits per heavy atom. The number of hydrogen-bond donors (Lipinski definition) is 0. The van der Waals surface area contributed by atoms with E-state index < -0.39 is 0 Å². The normalized spacial score (nSPS) is 13.0. The maximum Gasteiger partial charge on any atom is 0.101 e. The Labute approximate surface area is 195 Å². The minimum Gasteiger partial charge on any atom is -0.308 e. The second kappa shape index (κ2) is 7.80. The average molecular weight is 427 g/mol. The van der Waals surface area contributed by atoms with E-state index in [1.807, 2.05) is 31.2 Å². The number of hydrogen-bond acceptors (Lipinski definition) is 1. The molecule has 0 radical (unpaired) electrons. The van der Waals surface area contributed by atoms with Gasteiger partial charge < -0.3 is 4.57 Å². The largest absolute Gasteiger partial charge is 0.308 e. The monoisotopic (exact) mass is 426 g/mol. The number of benzene rings is 4. The Kier molecular flexibility index (Phi) is 4.91. The molecule has 0 aliphatic heterocycles. The molecule has 1 heterocycles. The summed E-state index contributed by atoms with van der Waals surface area (Å²) in [6.07, 6.45) is 1.75. The summed E-state index contributed by atoms with van der Waals surface area (Å²) in [7, 11) is 0. The number of aromatic nitrogens is 1. The van der Waals surface area contributed by atoms with Crippen LogP contribution >= 0.6 is 0 Å². The van der Waals surface area contributed by atoms with Gasteiger partial charge in [-0.15, -0.1) is 6.58 Å². The smallest absolute Gasteiger partial charge is 0.101 e. The second-order valence-electron chi connectivity index (χ2n) is 8.94. The molecular weight excluding hydrogens is 400 g/mol. The van der Waals surface area contributed by atoms with E-state index in [4.69, 9.17) is 0 Å². The van der Waals surface area contributed by atoms with E-state index in [9.17, 15) is 5.26 Å². The Hall–Kier alpha value is -4.09. The lowest BCUT2D eigenvalue weighted by Crippen LogP contribution is -2.14. The van der Waals surface area contributed by atoms with E-state index in [0.29, 0.717) is 5.56 Å². The van der Waals surface area contributed by atoms with Gasteiger partial charge in [-0.3, -0.25) is 0 Å². The predicted molar refractivity (Wildman–Crippen MR) is 139 cm³/mol. The van der Waals surface area contributed by atoms with Gasteiger partial charge in [-0.25, -0.2) is 0 Å². The molecule has 4 aromatic carbocycles. The third-order valence-electron chi connectivity index (χ3n) is 6.65. The van der Waals surface area contributed by atoms with Crippen molar-refractivity contribution < 1.29 is 0 Å². The highest BCUT2D eigenvalue weighted by Gasteiger charge is 2.37. The van der Waals surface area contributed by atoms with Crippen molar-refractivity contribution in [2.45, 2.75) is 26.2 Å². The second-order valence-corrected chi connectivity index (χ2v) is 8.94. The number of rotatable bonds is 1. The van der Waals surface area contributed by atoms with Crippen LogP contribution in [-0.4, -0.2) is 4.57 Å². The molecule has 6 rings (SSSR count). The standard InChI is InChI=1S/C28H20N2.C3H6/c1-28(2)21-12-6-4-10-19(21)26-22(28)15-16-25-27(26)20-11-5-8-14-24(20)30(25)23-13-7-3-9-18(23)17-29;1-3-2/h3-16H,1-2H3;3H,1H2,2H3. The summed E-state index contributed by atoms with van der Waals surface area (Å²) in [5.41, 5.74) is 9.24. The number of allylic oxidation sites excluding steroid dienone is 1. The van der Waals surface area contributed by atoms with Gasteiger partial charge in [0, 0.05) is 16.2 Å². The maximum atomic E-state index is 9.75. The van der Waals surface area contributed by atoms with Gasteiger partial charge in [0.05, 0.1) is 22.3 Å². The highest BCUT2D eigenvalue weighted by molar-refractivity contribution is 6.17. The van der Waals surface area contributed by atoms with Crippen LogP contribution in [0.25, 0.3) is 38.6 Å². The van der Waals surface area contributed by atoms with Crippen LogP contribution in [0.1, 0.15) is 37.5 Å². The van der Waals surface area contributed by atoms with Crippen molar-refractivity contribution in [3.63, 3.8) is 0 Å². The Bertz CT molecular complexity index is 1570. The average Bonchev–Trinajstić information content (AvgIpc) is 3.29. The number of nitrogens with zero attached hydrogens (tertiary/aromatic N) is 2. The molecule has 2 heteroatoms. The van der Waals surface area contributed by atoms with E-state index in [2.05, 4.69) is 91.7 Å². The SMILES string of the molecule is C=CC.CC1(C)c2ccccc2-c2c1ccc1c2c2ccccc2n1-c1ccccc1C#N. The quantitative estimate of drug-likeness (QED) is 0.249. The Morgan fingerprint density at radius 1 is 0.818 bits per heavy atom. The molecule has 0 atom stereocenters. The molecule has 33 heavy (non-hydrogen) atoms. The van der Waals surface area contributed by atoms with Gasteiger partial charge in [-0.05, 0) is 53.4 Å². The fourth-order valence-corrected chi connectivity index (χ4v) is 5.27. The Morgan fingerprint density at radius 2 is 1.48 bits per heavy atom. The molecule has 0 fully saturated rings. The van der Waals surface area contributed by atoms with Crippen LogP contribution in [0, 0.1) is 11.3 Å². The van der Waals surface area contributed by atoms with Crippen LogP contribution in [0.15, 0.2) is 97.6 Å². The van der Waals surface area contributed by atoms with Crippen LogP contribution < -0.4 is 0 Å². The van der Waals surface area contributed by atoms with Crippen LogP contribution in [0.3, 0.4) is 0 Å². The predicted octanol–water partition coefficient (Wildman–Crippen LogP) is 8.15. The van der Waals surface area contributed by atoms with Crippen LogP contribution in [0.4, 0.5) is 0 Å². The van der Waals surface area contributed by atoms with Gasteiger partial charge in [0.1, 0.15) is 6.07 Å². The summed E-state index contributed by atoms with van der Waals surface area (Å²) in [5.74, 6) is 0. The molecule has 0 saturated carbocycles. The zero-order valence-electron chi connectivity index (χ0n) is 19.3. The van der Waals surface area contributed by atoms with Gasteiger partial charge in [0.25, 0.3) is 0 Å². The topological polar surface area (TPSA) is 28.7 Å². The van der Waals surface area contributed by atoms with Crippen molar-refractivity contribution in [3.8, 4) is 22.9 Å². The number of fused-ring (bicyclic) bond motifs is 7. The minimum absolute atomic E-state index is 0.0338. The summed E-state index contributed by atoms with van der Waals surface area (Å²) in [6.45, 7) is 9.88. The molecule has 0 saturated heterocycles. The summed E-state index contributed by atoms with van der Waals surface area (Å²) < 4.78 is 2.25. The van der Waals surface area contributed by atoms with Crippen molar-refractivity contribution in [1.29, 1.82) is 5.26 Å². The molecule has 1 aliphatic rings. The molecule has 0 unspecified atom stereocenters. The molecule has 0 bridgehead atoms. The first kappa shape index (κ1) is 20.8. The first-order chi connectivity index (χ1) is 16.0. The molecule has 1 aromatic heterocycles. The highest BCUT2D eigenvalue weighted by atomic mass is 15.0. The fraction of sp³-hybridized carbons (Fsp3) is 0.129. The van der Waals surface area contributed by atoms with Crippen molar-refractivity contribution >= 4 is 21.8 Å². The molecule has 0 N–H and O–H groups in total. The van der Waals surface area contributed by atoms with Crippen LogP contribution in [-0.2, 0) is 5.41 Å². The summed E-state index contributed by atoms with van der Waals surface area (Å²) >= 11 is 0. The third kappa shape index (κ3) is 2.93. The Balaban J connectivity index is 0.000000724. The number of nitriles is 1. The van der Waals surface area contributed by atoms with Gasteiger partial charge >= 0.3 is 0 Å². The van der Waals surface area contributed by atoms with Crippen molar-refractivity contribution in [3.05, 3.63) is 114 Å². The molecule has 2 nitrogen and oxygen atoms in total. The molecule has 160 valence electrons. The van der Waals surface area contributed by atoms with Gasteiger partial charge in [0.2, 0.25) is 0 Å². The zero-order valence-corrected chi connectivity index (χ0v) is 19.3. The van der Waals surface area contributed by atoms with Crippen LogP contribution in [0.5, 0.6) is 0 Å². The van der Waals surface area contributed by atoms with Crippen LogP contribution in [0.2, 0.25) is 0 Å². The lowest BCUT2D eigenvalue weighted by molar-refractivity contribution is 0.661.